The summed E-state index contributed by atoms with van der Waals surface area (Å²) in [5.41, 5.74) is 0.102. The van der Waals surface area contributed by atoms with E-state index in [-0.39, 0.29) is 17.5 Å². The molecule has 0 fully saturated rings. The third-order valence-corrected chi connectivity index (χ3v) is 1.70. The lowest BCUT2D eigenvalue weighted by Crippen LogP contribution is -1.95. The average molecular weight is 188 g/mol. The molecule has 0 aliphatic heterocycles. The molecule has 1 rings (SSSR count). The number of nitrogens with zero attached hydrogens (tertiary/aromatic N) is 2. The maximum Gasteiger partial charge on any atom is 0.151 e. The quantitative estimate of drug-likeness (QED) is 0.661. The van der Waals surface area contributed by atoms with Crippen LogP contribution < -0.4 is 0 Å². The highest BCUT2D eigenvalue weighted by Gasteiger charge is 2.09. The van der Waals surface area contributed by atoms with Gasteiger partial charge in [-0.05, 0) is 17.7 Å². The molecule has 0 radical (unpaired) electrons. The van der Waals surface area contributed by atoms with E-state index >= 15 is 0 Å². The van der Waals surface area contributed by atoms with Crippen LogP contribution in [0.15, 0.2) is 12.1 Å². The topological polar surface area (TPSA) is 64.7 Å². The van der Waals surface area contributed by atoms with E-state index in [1.165, 1.54) is 6.07 Å². The molecule has 1 aromatic rings. The van der Waals surface area contributed by atoms with Crippen molar-refractivity contribution in [3.8, 4) is 12.1 Å². The molecule has 0 heterocycles. The second-order valence-electron chi connectivity index (χ2n) is 2.61. The minimum absolute atomic E-state index is 0.0160. The molecule has 0 unspecified atom stereocenters. The first-order chi connectivity index (χ1) is 6.72. The first kappa shape index (κ1) is 9.88. The van der Waals surface area contributed by atoms with Gasteiger partial charge in [-0.3, -0.25) is 4.79 Å². The minimum Gasteiger partial charge on any atom is -0.298 e. The van der Waals surface area contributed by atoms with Gasteiger partial charge in [0.2, 0.25) is 0 Å². The first-order valence-corrected chi connectivity index (χ1v) is 3.77. The highest BCUT2D eigenvalue weighted by molar-refractivity contribution is 5.79. The van der Waals surface area contributed by atoms with Crippen molar-refractivity contribution in [2.75, 3.05) is 0 Å². The lowest BCUT2D eigenvalue weighted by atomic mass is 10.0. The number of benzene rings is 1. The summed E-state index contributed by atoms with van der Waals surface area (Å²) in [5.74, 6) is -0.762. The van der Waals surface area contributed by atoms with Crippen LogP contribution in [0.1, 0.15) is 21.5 Å². The van der Waals surface area contributed by atoms with Crippen molar-refractivity contribution in [2.24, 2.45) is 0 Å². The van der Waals surface area contributed by atoms with Crippen molar-refractivity contribution < 1.29 is 9.18 Å². The van der Waals surface area contributed by atoms with E-state index in [0.29, 0.717) is 11.8 Å². The van der Waals surface area contributed by atoms with Crippen LogP contribution in [0.4, 0.5) is 4.39 Å². The van der Waals surface area contributed by atoms with Crippen molar-refractivity contribution >= 4 is 6.29 Å². The Bertz CT molecular complexity index is 454. The van der Waals surface area contributed by atoms with Crippen molar-refractivity contribution in [2.45, 2.75) is 6.42 Å². The number of carbonyl (C=O) groups excluding carboxylic acids is 1. The van der Waals surface area contributed by atoms with E-state index in [1.54, 1.807) is 6.07 Å². The molecule has 0 bridgehead atoms. The van der Waals surface area contributed by atoms with Crippen LogP contribution in [0.25, 0.3) is 0 Å². The van der Waals surface area contributed by atoms with Gasteiger partial charge in [0.25, 0.3) is 0 Å². The van der Waals surface area contributed by atoms with E-state index in [2.05, 4.69) is 0 Å². The zero-order valence-electron chi connectivity index (χ0n) is 7.12. The minimum atomic E-state index is -0.762. The van der Waals surface area contributed by atoms with Gasteiger partial charge in [-0.1, -0.05) is 0 Å². The normalized spacial score (nSPS) is 8.79. The van der Waals surface area contributed by atoms with Crippen molar-refractivity contribution in [1.29, 1.82) is 10.5 Å². The summed E-state index contributed by atoms with van der Waals surface area (Å²) in [6.07, 6.45) is 0.423. The number of rotatable bonds is 2. The van der Waals surface area contributed by atoms with Gasteiger partial charge in [0.15, 0.2) is 6.29 Å². The molecule has 1 aromatic carbocycles. The molecule has 0 N–H and O–H groups in total. The van der Waals surface area contributed by atoms with E-state index in [4.69, 9.17) is 10.5 Å². The second-order valence-corrected chi connectivity index (χ2v) is 2.61. The standard InChI is InChI=1S/C10H5FN2O/c11-10-4-7(1-2-12)3-8(6-14)9(10)5-13/h3-4,6H,1H2. The Hall–Kier alpha value is -2.20. The molecule has 0 aromatic heterocycles. The molecular formula is C10H5FN2O. The molecule has 0 amide bonds. The Kier molecular flexibility index (Phi) is 2.93. The zero-order chi connectivity index (χ0) is 10.6. The fraction of sp³-hybridized carbons (Fsp3) is 0.100. The Morgan fingerprint density at radius 3 is 2.64 bits per heavy atom. The van der Waals surface area contributed by atoms with Gasteiger partial charge in [0.05, 0.1) is 18.1 Å². The fourth-order valence-electron chi connectivity index (χ4n) is 1.09. The van der Waals surface area contributed by atoms with Crippen LogP contribution in [-0.2, 0) is 6.42 Å². The largest absolute Gasteiger partial charge is 0.298 e. The molecule has 14 heavy (non-hydrogen) atoms. The maximum atomic E-state index is 13.1. The van der Waals surface area contributed by atoms with Crippen LogP contribution >= 0.6 is 0 Å². The Balaban J connectivity index is 3.34. The van der Waals surface area contributed by atoms with Crippen LogP contribution in [-0.4, -0.2) is 6.29 Å². The molecule has 0 aliphatic rings. The number of hydrogen-bond donors (Lipinski definition) is 0. The van der Waals surface area contributed by atoms with E-state index in [1.807, 2.05) is 6.07 Å². The lowest BCUT2D eigenvalue weighted by molar-refractivity contribution is 0.112. The molecular weight excluding hydrogens is 183 g/mol. The number of carbonyl (C=O) groups is 1. The Labute approximate surface area is 80.0 Å². The SMILES string of the molecule is N#CCc1cc(F)c(C#N)c(C=O)c1. The maximum absolute atomic E-state index is 13.1. The van der Waals surface area contributed by atoms with Crippen LogP contribution in [0.5, 0.6) is 0 Å². The third-order valence-electron chi connectivity index (χ3n) is 1.70. The van der Waals surface area contributed by atoms with Crippen LogP contribution in [0.2, 0.25) is 0 Å². The molecule has 3 nitrogen and oxygen atoms in total. The highest BCUT2D eigenvalue weighted by Crippen LogP contribution is 2.14. The smallest absolute Gasteiger partial charge is 0.151 e. The van der Waals surface area contributed by atoms with Crippen LogP contribution in [0.3, 0.4) is 0 Å². The summed E-state index contributed by atoms with van der Waals surface area (Å²) >= 11 is 0. The average Bonchev–Trinajstić information content (AvgIpc) is 2.17. The Morgan fingerprint density at radius 2 is 2.14 bits per heavy atom. The van der Waals surface area contributed by atoms with Gasteiger partial charge < -0.3 is 0 Å². The van der Waals surface area contributed by atoms with Gasteiger partial charge >= 0.3 is 0 Å². The van der Waals surface area contributed by atoms with Crippen molar-refractivity contribution in [3.63, 3.8) is 0 Å². The summed E-state index contributed by atoms with van der Waals surface area (Å²) in [7, 11) is 0. The zero-order valence-corrected chi connectivity index (χ0v) is 7.12. The number of hydrogen-bond acceptors (Lipinski definition) is 3. The van der Waals surface area contributed by atoms with Crippen molar-refractivity contribution in [1.82, 2.24) is 0 Å². The summed E-state index contributed by atoms with van der Waals surface area (Å²) in [6, 6.07) is 5.87. The molecule has 0 saturated carbocycles. The molecule has 0 aliphatic carbocycles. The highest BCUT2D eigenvalue weighted by atomic mass is 19.1. The summed E-state index contributed by atoms with van der Waals surface area (Å²) in [5, 5.41) is 16.9. The number of halogens is 1. The van der Waals surface area contributed by atoms with Gasteiger partial charge in [-0.15, -0.1) is 0 Å². The Morgan fingerprint density at radius 1 is 1.43 bits per heavy atom. The predicted molar refractivity (Wildman–Crippen MR) is 45.8 cm³/mol. The van der Waals surface area contributed by atoms with E-state index in [9.17, 15) is 9.18 Å². The molecule has 0 atom stereocenters. The van der Waals surface area contributed by atoms with Gasteiger partial charge in [0, 0.05) is 5.56 Å². The number of nitriles is 2. The van der Waals surface area contributed by atoms with Crippen LogP contribution in [0, 0.1) is 28.5 Å². The predicted octanol–water partition coefficient (Wildman–Crippen LogP) is 1.58. The molecule has 0 saturated heterocycles. The third kappa shape index (κ3) is 1.75. The van der Waals surface area contributed by atoms with Gasteiger partial charge in [0.1, 0.15) is 11.9 Å². The summed E-state index contributed by atoms with van der Waals surface area (Å²) in [6.45, 7) is 0. The first-order valence-electron chi connectivity index (χ1n) is 3.77. The lowest BCUT2D eigenvalue weighted by Gasteiger charge is -2.00. The second kappa shape index (κ2) is 4.15. The molecule has 0 spiro atoms. The molecule has 4 heteroatoms. The van der Waals surface area contributed by atoms with Gasteiger partial charge in [-0.2, -0.15) is 10.5 Å². The van der Waals surface area contributed by atoms with Gasteiger partial charge in [-0.25, -0.2) is 4.39 Å². The summed E-state index contributed by atoms with van der Waals surface area (Å²) < 4.78 is 13.1. The van der Waals surface area contributed by atoms with Crippen molar-refractivity contribution in [3.05, 3.63) is 34.6 Å². The number of aldehydes is 1. The van der Waals surface area contributed by atoms with E-state index < -0.39 is 5.82 Å². The fourth-order valence-corrected chi connectivity index (χ4v) is 1.09. The monoisotopic (exact) mass is 188 g/mol. The summed E-state index contributed by atoms with van der Waals surface area (Å²) in [4.78, 5) is 10.5. The van der Waals surface area contributed by atoms with E-state index in [0.717, 1.165) is 6.07 Å². The molecule has 68 valence electrons.